The van der Waals surface area contributed by atoms with Crippen molar-refractivity contribution in [1.82, 2.24) is 5.32 Å². The van der Waals surface area contributed by atoms with Gasteiger partial charge in [-0.2, -0.15) is 0 Å². The van der Waals surface area contributed by atoms with E-state index in [1.807, 2.05) is 6.07 Å². The predicted octanol–water partition coefficient (Wildman–Crippen LogP) is 1.43. The molecule has 2 N–H and O–H groups in total. The standard InChI is InChI=1S/C9H11NO2.ClH/c1-12-9-3-7-5-10-4-6(7)2-8(9)11;/h2-3,10-11H,4-5H2,1H3;1H. The highest BCUT2D eigenvalue weighted by molar-refractivity contribution is 5.85. The molecule has 3 nitrogen and oxygen atoms in total. The second kappa shape index (κ2) is 3.85. The molecule has 1 aromatic carbocycles. The third-order valence-corrected chi connectivity index (χ3v) is 2.13. The Morgan fingerprint density at radius 2 is 1.92 bits per heavy atom. The molecular weight excluding hydrogens is 190 g/mol. The second-order valence-electron chi connectivity index (χ2n) is 2.90. The fourth-order valence-corrected chi connectivity index (χ4v) is 1.48. The first kappa shape index (κ1) is 10.2. The molecule has 1 heterocycles. The van der Waals surface area contributed by atoms with Gasteiger partial charge in [-0.05, 0) is 23.3 Å². The number of ether oxygens (including phenoxy) is 1. The van der Waals surface area contributed by atoms with Gasteiger partial charge in [0.05, 0.1) is 7.11 Å². The summed E-state index contributed by atoms with van der Waals surface area (Å²) in [5.74, 6) is 0.775. The maximum atomic E-state index is 9.42. The minimum atomic E-state index is 0. The molecule has 1 aliphatic heterocycles. The summed E-state index contributed by atoms with van der Waals surface area (Å²) in [6.07, 6.45) is 0. The summed E-state index contributed by atoms with van der Waals surface area (Å²) in [5.41, 5.74) is 2.37. The van der Waals surface area contributed by atoms with Crippen molar-refractivity contribution in [2.75, 3.05) is 7.11 Å². The number of phenols is 1. The largest absolute Gasteiger partial charge is 0.504 e. The first-order valence-electron chi connectivity index (χ1n) is 3.90. The zero-order chi connectivity index (χ0) is 8.55. The number of hydrogen-bond donors (Lipinski definition) is 2. The van der Waals surface area contributed by atoms with Gasteiger partial charge in [-0.15, -0.1) is 12.4 Å². The molecule has 72 valence electrons. The molecule has 1 aromatic rings. The lowest BCUT2D eigenvalue weighted by Crippen LogP contribution is -1.99. The highest BCUT2D eigenvalue weighted by Crippen LogP contribution is 2.31. The van der Waals surface area contributed by atoms with E-state index in [0.29, 0.717) is 5.75 Å². The van der Waals surface area contributed by atoms with Gasteiger partial charge in [-0.1, -0.05) is 0 Å². The van der Waals surface area contributed by atoms with Gasteiger partial charge >= 0.3 is 0 Å². The Hall–Kier alpha value is -0.930. The Balaban J connectivity index is 0.000000845. The number of phenolic OH excluding ortho intramolecular Hbond substituents is 1. The van der Waals surface area contributed by atoms with Crippen LogP contribution in [0.1, 0.15) is 11.1 Å². The van der Waals surface area contributed by atoms with Gasteiger partial charge in [-0.25, -0.2) is 0 Å². The summed E-state index contributed by atoms with van der Waals surface area (Å²) in [4.78, 5) is 0. The van der Waals surface area contributed by atoms with E-state index < -0.39 is 0 Å². The Bertz CT molecular complexity index is 314. The molecule has 0 saturated carbocycles. The highest BCUT2D eigenvalue weighted by atomic mass is 35.5. The number of fused-ring (bicyclic) bond motifs is 1. The van der Waals surface area contributed by atoms with Crippen molar-refractivity contribution in [2.24, 2.45) is 0 Å². The smallest absolute Gasteiger partial charge is 0.160 e. The van der Waals surface area contributed by atoms with Gasteiger partial charge < -0.3 is 15.2 Å². The quantitative estimate of drug-likeness (QED) is 0.722. The molecule has 0 fully saturated rings. The maximum Gasteiger partial charge on any atom is 0.160 e. The minimum Gasteiger partial charge on any atom is -0.504 e. The molecule has 0 bridgehead atoms. The van der Waals surface area contributed by atoms with Crippen LogP contribution in [-0.4, -0.2) is 12.2 Å². The lowest BCUT2D eigenvalue weighted by Gasteiger charge is -2.05. The van der Waals surface area contributed by atoms with Gasteiger partial charge in [0.2, 0.25) is 0 Å². The van der Waals surface area contributed by atoms with E-state index >= 15 is 0 Å². The van der Waals surface area contributed by atoms with Gasteiger partial charge in [0.1, 0.15) is 0 Å². The summed E-state index contributed by atoms with van der Waals surface area (Å²) in [5, 5.41) is 12.6. The van der Waals surface area contributed by atoms with Crippen molar-refractivity contribution >= 4 is 12.4 Å². The summed E-state index contributed by atoms with van der Waals surface area (Å²) < 4.78 is 4.99. The highest BCUT2D eigenvalue weighted by Gasteiger charge is 2.13. The molecule has 0 atom stereocenters. The first-order chi connectivity index (χ1) is 5.81. The van der Waals surface area contributed by atoms with E-state index in [2.05, 4.69) is 5.32 Å². The third-order valence-electron chi connectivity index (χ3n) is 2.13. The molecule has 0 radical (unpaired) electrons. The van der Waals surface area contributed by atoms with E-state index in [1.54, 1.807) is 13.2 Å². The van der Waals surface area contributed by atoms with Gasteiger partial charge in [0.15, 0.2) is 11.5 Å². The van der Waals surface area contributed by atoms with Crippen LogP contribution in [0.25, 0.3) is 0 Å². The van der Waals surface area contributed by atoms with Crippen LogP contribution in [0.4, 0.5) is 0 Å². The lowest BCUT2D eigenvalue weighted by atomic mass is 10.1. The molecule has 13 heavy (non-hydrogen) atoms. The average Bonchev–Trinajstić information content (AvgIpc) is 2.49. The molecule has 0 aliphatic carbocycles. The zero-order valence-corrected chi connectivity index (χ0v) is 8.15. The molecule has 0 unspecified atom stereocenters. The number of aromatic hydroxyl groups is 1. The maximum absolute atomic E-state index is 9.42. The van der Waals surface area contributed by atoms with Crippen LogP contribution in [-0.2, 0) is 13.1 Å². The Kier molecular flexibility index (Phi) is 3.01. The zero-order valence-electron chi connectivity index (χ0n) is 7.33. The van der Waals surface area contributed by atoms with E-state index in [9.17, 15) is 5.11 Å². The van der Waals surface area contributed by atoms with Crippen molar-refractivity contribution in [3.63, 3.8) is 0 Å². The number of methoxy groups -OCH3 is 1. The molecule has 4 heteroatoms. The Labute approximate surface area is 83.1 Å². The van der Waals surface area contributed by atoms with Crippen LogP contribution in [0.2, 0.25) is 0 Å². The molecule has 0 spiro atoms. The summed E-state index contributed by atoms with van der Waals surface area (Å²) >= 11 is 0. The van der Waals surface area contributed by atoms with Crippen molar-refractivity contribution in [3.8, 4) is 11.5 Å². The van der Waals surface area contributed by atoms with Crippen LogP contribution >= 0.6 is 12.4 Å². The summed E-state index contributed by atoms with van der Waals surface area (Å²) in [7, 11) is 1.56. The number of benzene rings is 1. The van der Waals surface area contributed by atoms with E-state index in [-0.39, 0.29) is 18.2 Å². The fourth-order valence-electron chi connectivity index (χ4n) is 1.48. The van der Waals surface area contributed by atoms with Crippen molar-refractivity contribution in [2.45, 2.75) is 13.1 Å². The van der Waals surface area contributed by atoms with Crippen LogP contribution in [0, 0.1) is 0 Å². The average molecular weight is 202 g/mol. The van der Waals surface area contributed by atoms with Crippen LogP contribution in [0.3, 0.4) is 0 Å². The Morgan fingerprint density at radius 3 is 2.54 bits per heavy atom. The molecule has 1 aliphatic rings. The number of halogens is 1. The van der Waals surface area contributed by atoms with Crippen molar-refractivity contribution in [3.05, 3.63) is 23.3 Å². The molecule has 0 aromatic heterocycles. The molecule has 0 saturated heterocycles. The van der Waals surface area contributed by atoms with Crippen LogP contribution in [0.5, 0.6) is 11.5 Å². The van der Waals surface area contributed by atoms with E-state index in [0.717, 1.165) is 18.7 Å². The number of rotatable bonds is 1. The summed E-state index contributed by atoms with van der Waals surface area (Å²) in [6, 6.07) is 3.64. The fraction of sp³-hybridized carbons (Fsp3) is 0.333. The van der Waals surface area contributed by atoms with E-state index in [1.165, 1.54) is 5.56 Å². The number of hydrogen-bond acceptors (Lipinski definition) is 3. The van der Waals surface area contributed by atoms with Crippen molar-refractivity contribution < 1.29 is 9.84 Å². The van der Waals surface area contributed by atoms with Crippen LogP contribution in [0.15, 0.2) is 12.1 Å². The van der Waals surface area contributed by atoms with Crippen molar-refractivity contribution in [1.29, 1.82) is 0 Å². The minimum absolute atomic E-state index is 0. The molecular formula is C9H12ClNO2. The lowest BCUT2D eigenvalue weighted by molar-refractivity contribution is 0.373. The molecule has 0 amide bonds. The van der Waals surface area contributed by atoms with Crippen LogP contribution < -0.4 is 10.1 Å². The van der Waals surface area contributed by atoms with Gasteiger partial charge in [-0.3, -0.25) is 0 Å². The normalized spacial score (nSPS) is 13.3. The summed E-state index contributed by atoms with van der Waals surface area (Å²) in [6.45, 7) is 1.71. The second-order valence-corrected chi connectivity index (χ2v) is 2.90. The SMILES string of the molecule is COc1cc2c(cc1O)CNC2.Cl. The third kappa shape index (κ3) is 1.71. The number of nitrogens with one attached hydrogen (secondary N) is 1. The predicted molar refractivity (Wildman–Crippen MR) is 52.5 cm³/mol. The van der Waals surface area contributed by atoms with E-state index in [4.69, 9.17) is 4.74 Å². The monoisotopic (exact) mass is 201 g/mol. The van der Waals surface area contributed by atoms with Gasteiger partial charge in [0.25, 0.3) is 0 Å². The topological polar surface area (TPSA) is 41.5 Å². The molecule has 2 rings (SSSR count). The first-order valence-corrected chi connectivity index (χ1v) is 3.90. The Morgan fingerprint density at radius 1 is 1.31 bits per heavy atom. The van der Waals surface area contributed by atoms with Gasteiger partial charge in [0, 0.05) is 13.1 Å².